The fourth-order valence-corrected chi connectivity index (χ4v) is 3.90. The van der Waals surface area contributed by atoms with Crippen LogP contribution in [0.4, 0.5) is 5.82 Å². The molecule has 9 nitrogen and oxygen atoms in total. The Morgan fingerprint density at radius 3 is 2.66 bits per heavy atom. The van der Waals surface area contributed by atoms with Crippen molar-refractivity contribution in [3.05, 3.63) is 24.8 Å². The zero-order valence-electron chi connectivity index (χ0n) is 17.1. The largest absolute Gasteiger partial charge is 0.489 e. The van der Waals surface area contributed by atoms with E-state index in [0.717, 1.165) is 67.2 Å². The van der Waals surface area contributed by atoms with Gasteiger partial charge in [-0.25, -0.2) is 19.6 Å². The molecule has 0 atom stereocenters. The standard InChI is InChI=1S/C20H26N8O/c1-14(2)28-20(22-13-23-28)16-12-27-8-9-29-17-11-21-18(10-15(17)19(27)24-16)26-6-4-25(3)5-7-26/h10-14H,4-9H2,1-3H3. The summed E-state index contributed by atoms with van der Waals surface area (Å²) in [6.45, 7) is 9.53. The molecule has 2 aliphatic heterocycles. The van der Waals surface area contributed by atoms with Crippen molar-refractivity contribution in [1.29, 1.82) is 0 Å². The van der Waals surface area contributed by atoms with E-state index in [1.807, 2.05) is 17.1 Å². The number of pyridine rings is 1. The molecule has 3 aromatic rings. The number of likely N-dealkylation sites (N-methyl/N-ethyl adjacent to an activating group) is 1. The van der Waals surface area contributed by atoms with Gasteiger partial charge < -0.3 is 19.1 Å². The summed E-state index contributed by atoms with van der Waals surface area (Å²) in [5, 5.41) is 4.35. The molecule has 0 unspecified atom stereocenters. The lowest BCUT2D eigenvalue weighted by molar-refractivity contribution is 0.304. The van der Waals surface area contributed by atoms with Gasteiger partial charge in [-0.1, -0.05) is 0 Å². The van der Waals surface area contributed by atoms with Crippen LogP contribution in [-0.4, -0.2) is 74.0 Å². The minimum Gasteiger partial charge on any atom is -0.489 e. The third-order valence-electron chi connectivity index (χ3n) is 5.58. The third-order valence-corrected chi connectivity index (χ3v) is 5.58. The number of anilines is 1. The molecule has 1 fully saturated rings. The van der Waals surface area contributed by atoms with Gasteiger partial charge >= 0.3 is 0 Å². The first-order valence-electron chi connectivity index (χ1n) is 10.1. The van der Waals surface area contributed by atoms with E-state index in [4.69, 9.17) is 9.72 Å². The second-order valence-corrected chi connectivity index (χ2v) is 7.94. The van der Waals surface area contributed by atoms with Crippen LogP contribution >= 0.6 is 0 Å². The second kappa shape index (κ2) is 7.14. The molecule has 5 rings (SSSR count). The maximum Gasteiger partial charge on any atom is 0.178 e. The lowest BCUT2D eigenvalue weighted by atomic mass is 10.2. The summed E-state index contributed by atoms with van der Waals surface area (Å²) in [5.41, 5.74) is 1.81. The molecule has 0 amide bonds. The molecule has 1 saturated heterocycles. The molecule has 0 aliphatic carbocycles. The van der Waals surface area contributed by atoms with Gasteiger partial charge in [0.05, 0.1) is 18.3 Å². The molecule has 0 radical (unpaired) electrons. The van der Waals surface area contributed by atoms with E-state index in [1.165, 1.54) is 0 Å². The number of piperazine rings is 1. The molecular formula is C20H26N8O. The van der Waals surface area contributed by atoms with Crippen LogP contribution in [0.3, 0.4) is 0 Å². The Balaban J connectivity index is 1.55. The Bertz CT molecular complexity index is 1020. The molecule has 0 N–H and O–H groups in total. The quantitative estimate of drug-likeness (QED) is 0.672. The molecule has 3 aromatic heterocycles. The van der Waals surface area contributed by atoms with Crippen molar-refractivity contribution in [2.24, 2.45) is 0 Å². The first-order chi connectivity index (χ1) is 14.1. The van der Waals surface area contributed by atoms with E-state index < -0.39 is 0 Å². The number of imidazole rings is 1. The summed E-state index contributed by atoms with van der Waals surface area (Å²) in [7, 11) is 2.16. The highest BCUT2D eigenvalue weighted by Gasteiger charge is 2.24. The summed E-state index contributed by atoms with van der Waals surface area (Å²) in [4.78, 5) is 18.7. The molecule has 0 bridgehead atoms. The maximum absolute atomic E-state index is 5.96. The van der Waals surface area contributed by atoms with E-state index >= 15 is 0 Å². The first kappa shape index (κ1) is 18.1. The number of hydrogen-bond donors (Lipinski definition) is 0. The van der Waals surface area contributed by atoms with Crippen LogP contribution in [0.25, 0.3) is 22.9 Å². The second-order valence-electron chi connectivity index (χ2n) is 7.94. The molecule has 0 aromatic carbocycles. The summed E-state index contributed by atoms with van der Waals surface area (Å²) in [6, 6.07) is 2.33. The van der Waals surface area contributed by atoms with E-state index in [2.05, 4.69) is 56.4 Å². The fraction of sp³-hybridized carbons (Fsp3) is 0.500. The van der Waals surface area contributed by atoms with Crippen LogP contribution < -0.4 is 9.64 Å². The molecule has 152 valence electrons. The van der Waals surface area contributed by atoms with Crippen LogP contribution in [0.1, 0.15) is 19.9 Å². The number of hydrogen-bond acceptors (Lipinski definition) is 7. The van der Waals surface area contributed by atoms with Crippen LogP contribution in [-0.2, 0) is 6.54 Å². The number of aromatic nitrogens is 6. The van der Waals surface area contributed by atoms with E-state index in [9.17, 15) is 0 Å². The average molecular weight is 394 g/mol. The first-order valence-corrected chi connectivity index (χ1v) is 10.1. The van der Waals surface area contributed by atoms with Crippen molar-refractivity contribution >= 4 is 5.82 Å². The fourth-order valence-electron chi connectivity index (χ4n) is 3.90. The predicted molar refractivity (Wildman–Crippen MR) is 110 cm³/mol. The van der Waals surface area contributed by atoms with Crippen LogP contribution in [0, 0.1) is 0 Å². The van der Waals surface area contributed by atoms with Gasteiger partial charge in [0.1, 0.15) is 36.0 Å². The normalized spacial score (nSPS) is 17.0. The van der Waals surface area contributed by atoms with Crippen molar-refractivity contribution in [2.75, 3.05) is 44.7 Å². The minimum atomic E-state index is 0.220. The summed E-state index contributed by atoms with van der Waals surface area (Å²) in [6.07, 6.45) is 5.47. The van der Waals surface area contributed by atoms with Crippen molar-refractivity contribution in [3.8, 4) is 28.7 Å². The number of nitrogens with zero attached hydrogens (tertiary/aromatic N) is 8. The molecular weight excluding hydrogens is 368 g/mol. The van der Waals surface area contributed by atoms with E-state index in [0.29, 0.717) is 6.61 Å². The highest BCUT2D eigenvalue weighted by Crippen LogP contribution is 2.35. The van der Waals surface area contributed by atoms with Crippen molar-refractivity contribution in [1.82, 2.24) is 34.2 Å². The van der Waals surface area contributed by atoms with Gasteiger partial charge in [-0.2, -0.15) is 5.10 Å². The SMILES string of the molecule is CC(C)n1ncnc1-c1cn2c(n1)-c1cc(N3CCN(C)CC3)ncc1OCC2. The Labute approximate surface area is 170 Å². The Kier molecular flexibility index (Phi) is 4.46. The highest BCUT2D eigenvalue weighted by molar-refractivity contribution is 5.71. The van der Waals surface area contributed by atoms with Crippen LogP contribution in [0.5, 0.6) is 5.75 Å². The summed E-state index contributed by atoms with van der Waals surface area (Å²) >= 11 is 0. The summed E-state index contributed by atoms with van der Waals surface area (Å²) in [5.74, 6) is 3.44. The molecule has 29 heavy (non-hydrogen) atoms. The molecule has 9 heteroatoms. The lowest BCUT2D eigenvalue weighted by Gasteiger charge is -2.33. The van der Waals surface area contributed by atoms with Gasteiger partial charge in [0, 0.05) is 38.4 Å². The number of rotatable bonds is 3. The van der Waals surface area contributed by atoms with Gasteiger partial charge in [0.25, 0.3) is 0 Å². The molecule has 2 aliphatic rings. The van der Waals surface area contributed by atoms with Crippen LogP contribution in [0.15, 0.2) is 24.8 Å². The van der Waals surface area contributed by atoms with E-state index in [-0.39, 0.29) is 6.04 Å². The Morgan fingerprint density at radius 2 is 1.86 bits per heavy atom. The molecule has 0 spiro atoms. The lowest BCUT2D eigenvalue weighted by Crippen LogP contribution is -2.44. The van der Waals surface area contributed by atoms with Gasteiger partial charge in [0.2, 0.25) is 0 Å². The number of fused-ring (bicyclic) bond motifs is 3. The topological polar surface area (TPSA) is 77.1 Å². The highest BCUT2D eigenvalue weighted by atomic mass is 16.5. The Morgan fingerprint density at radius 1 is 1.03 bits per heavy atom. The third kappa shape index (κ3) is 3.25. The zero-order chi connectivity index (χ0) is 20.0. The van der Waals surface area contributed by atoms with Gasteiger partial charge in [0.15, 0.2) is 5.82 Å². The molecule has 0 saturated carbocycles. The zero-order valence-corrected chi connectivity index (χ0v) is 17.1. The van der Waals surface area contributed by atoms with Crippen molar-refractivity contribution in [3.63, 3.8) is 0 Å². The maximum atomic E-state index is 5.96. The van der Waals surface area contributed by atoms with Gasteiger partial charge in [-0.05, 0) is 27.0 Å². The molecule has 5 heterocycles. The van der Waals surface area contributed by atoms with Crippen molar-refractivity contribution < 1.29 is 4.74 Å². The van der Waals surface area contributed by atoms with Gasteiger partial charge in [-0.15, -0.1) is 0 Å². The minimum absolute atomic E-state index is 0.220. The number of ether oxygens (including phenoxy) is 1. The van der Waals surface area contributed by atoms with E-state index in [1.54, 1.807) is 6.33 Å². The summed E-state index contributed by atoms with van der Waals surface area (Å²) < 4.78 is 10.0. The average Bonchev–Trinajstić information content (AvgIpc) is 3.33. The van der Waals surface area contributed by atoms with Crippen molar-refractivity contribution in [2.45, 2.75) is 26.4 Å². The monoisotopic (exact) mass is 394 g/mol. The van der Waals surface area contributed by atoms with Crippen LogP contribution in [0.2, 0.25) is 0 Å². The van der Waals surface area contributed by atoms with Gasteiger partial charge in [-0.3, -0.25) is 0 Å². The Hall–Kier alpha value is -2.94. The smallest absolute Gasteiger partial charge is 0.178 e. The predicted octanol–water partition coefficient (Wildman–Crippen LogP) is 1.93.